The van der Waals surface area contributed by atoms with Gasteiger partial charge in [-0.25, -0.2) is 0 Å². The fourth-order valence-corrected chi connectivity index (χ4v) is 3.34. The Morgan fingerprint density at radius 2 is 1.74 bits per heavy atom. The van der Waals surface area contributed by atoms with Gasteiger partial charge in [-0.05, 0) is 36.5 Å². The van der Waals surface area contributed by atoms with Crippen LogP contribution in [0.4, 0.5) is 0 Å². The number of rotatable bonds is 3. The number of hydrogen-bond acceptors (Lipinski definition) is 2. The lowest BCUT2D eigenvalue weighted by Crippen LogP contribution is -2.32. The quantitative estimate of drug-likeness (QED) is 0.786. The third-order valence-corrected chi connectivity index (χ3v) is 4.67. The molecule has 108 valence electrons. The van der Waals surface area contributed by atoms with Crippen molar-refractivity contribution in [1.82, 2.24) is 0 Å². The summed E-state index contributed by atoms with van der Waals surface area (Å²) in [6, 6.07) is 2.71. The first-order valence-electron chi connectivity index (χ1n) is 6.09. The summed E-state index contributed by atoms with van der Waals surface area (Å²) in [6.07, 6.45) is 3.73. The molecule has 0 amide bonds. The molecule has 19 heavy (non-hydrogen) atoms. The average Bonchev–Trinajstić information content (AvgIpc) is 2.85. The average molecular weight is 345 g/mol. The Balaban J connectivity index is 0.00000180. The summed E-state index contributed by atoms with van der Waals surface area (Å²) >= 11 is 18.1. The minimum Gasteiger partial charge on any atom is -0.391 e. The third-order valence-electron chi connectivity index (χ3n) is 3.63. The second kappa shape index (κ2) is 7.35. The van der Waals surface area contributed by atoms with Gasteiger partial charge in [0, 0.05) is 5.02 Å². The van der Waals surface area contributed by atoms with E-state index in [1.165, 1.54) is 0 Å². The van der Waals surface area contributed by atoms with E-state index in [2.05, 4.69) is 0 Å². The predicted octanol–water partition coefficient (Wildman–Crippen LogP) is 4.62. The van der Waals surface area contributed by atoms with E-state index < -0.39 is 12.1 Å². The summed E-state index contributed by atoms with van der Waals surface area (Å²) in [5.74, 6) is 0.244. The second-order valence-corrected chi connectivity index (χ2v) is 6.07. The molecule has 0 heterocycles. The van der Waals surface area contributed by atoms with Crippen molar-refractivity contribution in [3.63, 3.8) is 0 Å². The summed E-state index contributed by atoms with van der Waals surface area (Å²) < 4.78 is 0. The highest BCUT2D eigenvalue weighted by atomic mass is 35.5. The molecule has 1 aliphatic rings. The molecule has 1 fully saturated rings. The highest BCUT2D eigenvalue weighted by Gasteiger charge is 2.30. The van der Waals surface area contributed by atoms with Crippen LogP contribution >= 0.6 is 47.2 Å². The van der Waals surface area contributed by atoms with Gasteiger partial charge in [0.2, 0.25) is 0 Å². The van der Waals surface area contributed by atoms with Gasteiger partial charge in [0.05, 0.1) is 22.2 Å². The van der Waals surface area contributed by atoms with Gasteiger partial charge in [0.1, 0.15) is 0 Å². The zero-order valence-corrected chi connectivity index (χ0v) is 13.4. The molecular weight excluding hydrogens is 328 g/mol. The van der Waals surface area contributed by atoms with E-state index in [0.29, 0.717) is 20.6 Å². The Hall–Kier alpha value is 0.300. The normalized spacial score (nSPS) is 19.0. The molecule has 1 saturated carbocycles. The topological polar surface area (TPSA) is 46.2 Å². The molecule has 0 bridgehead atoms. The van der Waals surface area contributed by atoms with Crippen molar-refractivity contribution in [3.05, 3.63) is 32.8 Å². The molecule has 2 atom stereocenters. The van der Waals surface area contributed by atoms with Crippen LogP contribution in [0.25, 0.3) is 0 Å². The number of benzene rings is 1. The fourth-order valence-electron chi connectivity index (χ4n) is 2.59. The van der Waals surface area contributed by atoms with E-state index >= 15 is 0 Å². The molecule has 0 radical (unpaired) electrons. The van der Waals surface area contributed by atoms with E-state index in [-0.39, 0.29) is 18.3 Å². The first kappa shape index (κ1) is 17.4. The fraction of sp³-hybridized carbons (Fsp3) is 0.538. The molecule has 2 rings (SSSR count). The minimum absolute atomic E-state index is 0. The zero-order valence-electron chi connectivity index (χ0n) is 10.3. The Kier molecular flexibility index (Phi) is 6.71. The predicted molar refractivity (Wildman–Crippen MR) is 83.6 cm³/mol. The zero-order chi connectivity index (χ0) is 13.3. The van der Waals surface area contributed by atoms with Gasteiger partial charge in [-0.1, -0.05) is 47.6 Å². The lowest BCUT2D eigenvalue weighted by atomic mass is 9.91. The molecule has 0 aromatic heterocycles. The largest absolute Gasteiger partial charge is 0.391 e. The van der Waals surface area contributed by atoms with Crippen molar-refractivity contribution >= 4 is 47.2 Å². The van der Waals surface area contributed by atoms with Gasteiger partial charge in [-0.3, -0.25) is 0 Å². The molecule has 0 spiro atoms. The van der Waals surface area contributed by atoms with Crippen molar-refractivity contribution in [1.29, 1.82) is 0 Å². The summed E-state index contributed by atoms with van der Waals surface area (Å²) in [7, 11) is 0. The molecule has 1 aliphatic carbocycles. The van der Waals surface area contributed by atoms with E-state index in [1.807, 2.05) is 0 Å². The van der Waals surface area contributed by atoms with Crippen molar-refractivity contribution in [2.24, 2.45) is 11.7 Å². The van der Waals surface area contributed by atoms with Crippen LogP contribution < -0.4 is 5.73 Å². The number of aliphatic hydroxyl groups excluding tert-OH is 1. The highest BCUT2D eigenvalue weighted by Crippen LogP contribution is 2.37. The number of halogens is 4. The molecular formula is C13H17Cl4NO. The van der Waals surface area contributed by atoms with Crippen LogP contribution in [0.1, 0.15) is 37.3 Å². The van der Waals surface area contributed by atoms with E-state index in [9.17, 15) is 5.11 Å². The van der Waals surface area contributed by atoms with Crippen LogP contribution in [0.5, 0.6) is 0 Å². The van der Waals surface area contributed by atoms with Gasteiger partial charge in [-0.2, -0.15) is 0 Å². The van der Waals surface area contributed by atoms with Crippen LogP contribution in [-0.2, 0) is 0 Å². The molecule has 6 heteroatoms. The van der Waals surface area contributed by atoms with Crippen LogP contribution in [0.3, 0.4) is 0 Å². The maximum Gasteiger partial charge on any atom is 0.0761 e. The number of nitrogens with two attached hydrogens (primary N) is 1. The molecule has 0 aliphatic heterocycles. The first-order valence-corrected chi connectivity index (χ1v) is 7.22. The Bertz CT molecular complexity index is 435. The van der Waals surface area contributed by atoms with Gasteiger partial charge < -0.3 is 10.8 Å². The van der Waals surface area contributed by atoms with Crippen molar-refractivity contribution in [2.75, 3.05) is 0 Å². The number of aliphatic hydroxyl groups is 1. The molecule has 1 aromatic rings. The highest BCUT2D eigenvalue weighted by molar-refractivity contribution is 6.43. The van der Waals surface area contributed by atoms with Crippen LogP contribution in [0.15, 0.2) is 12.1 Å². The maximum atomic E-state index is 10.3. The van der Waals surface area contributed by atoms with E-state index in [0.717, 1.165) is 25.7 Å². The first-order chi connectivity index (χ1) is 8.50. The summed E-state index contributed by atoms with van der Waals surface area (Å²) in [6.45, 7) is 0. The maximum absolute atomic E-state index is 10.3. The van der Waals surface area contributed by atoms with E-state index in [4.69, 9.17) is 40.5 Å². The minimum atomic E-state index is -0.598. The second-order valence-electron chi connectivity index (χ2n) is 4.85. The molecule has 0 unspecified atom stereocenters. The lowest BCUT2D eigenvalue weighted by molar-refractivity contribution is 0.0845. The van der Waals surface area contributed by atoms with Gasteiger partial charge >= 0.3 is 0 Å². The van der Waals surface area contributed by atoms with Crippen LogP contribution in [-0.4, -0.2) is 11.2 Å². The van der Waals surface area contributed by atoms with Crippen molar-refractivity contribution in [2.45, 2.75) is 37.8 Å². The van der Waals surface area contributed by atoms with Crippen molar-refractivity contribution in [3.8, 4) is 0 Å². The SMILES string of the molecule is Cl.N[C@H](c1cc(Cl)cc(Cl)c1Cl)[C@@H](O)C1CCCC1. The van der Waals surface area contributed by atoms with Gasteiger partial charge in [-0.15, -0.1) is 12.4 Å². The number of hydrogen-bond donors (Lipinski definition) is 2. The lowest BCUT2D eigenvalue weighted by Gasteiger charge is -2.25. The van der Waals surface area contributed by atoms with Crippen molar-refractivity contribution < 1.29 is 5.11 Å². The van der Waals surface area contributed by atoms with Crippen LogP contribution in [0.2, 0.25) is 15.1 Å². The smallest absolute Gasteiger partial charge is 0.0761 e. The monoisotopic (exact) mass is 343 g/mol. The summed E-state index contributed by atoms with van der Waals surface area (Å²) in [5, 5.41) is 11.5. The standard InChI is InChI=1S/C13H16Cl3NO.ClH/c14-8-5-9(11(16)10(15)6-8)12(17)13(18)7-3-1-2-4-7;/h5-7,12-13,18H,1-4,17H2;1H/t12-,13+;/m1./s1. The molecule has 3 N–H and O–H groups in total. The summed E-state index contributed by atoms with van der Waals surface area (Å²) in [4.78, 5) is 0. The van der Waals surface area contributed by atoms with Gasteiger partial charge in [0.15, 0.2) is 0 Å². The Morgan fingerprint density at radius 3 is 2.32 bits per heavy atom. The third kappa shape index (κ3) is 3.90. The molecule has 1 aromatic carbocycles. The van der Waals surface area contributed by atoms with Crippen LogP contribution in [0, 0.1) is 5.92 Å². The Morgan fingerprint density at radius 1 is 1.16 bits per heavy atom. The van der Waals surface area contributed by atoms with E-state index in [1.54, 1.807) is 12.1 Å². The Labute approximate surface area is 134 Å². The van der Waals surface area contributed by atoms with Gasteiger partial charge in [0.25, 0.3) is 0 Å². The summed E-state index contributed by atoms with van der Waals surface area (Å²) in [5.41, 5.74) is 6.72. The molecule has 2 nitrogen and oxygen atoms in total. The molecule has 0 saturated heterocycles.